The van der Waals surface area contributed by atoms with Crippen LogP contribution in [0.2, 0.25) is 0 Å². The van der Waals surface area contributed by atoms with Crippen LogP contribution in [-0.4, -0.2) is 29.7 Å². The smallest absolute Gasteiger partial charge is 0.258 e. The molecule has 20 heavy (non-hydrogen) atoms. The molecule has 1 aromatic heterocycles. The summed E-state index contributed by atoms with van der Waals surface area (Å²) in [6, 6.07) is 7.36. The summed E-state index contributed by atoms with van der Waals surface area (Å²) in [5.41, 5.74) is 0.651. The summed E-state index contributed by atoms with van der Waals surface area (Å²) in [6.45, 7) is 5.09. The molecular formula is C15H21N3O2. The molecule has 1 aromatic carbocycles. The van der Waals surface area contributed by atoms with Gasteiger partial charge in [0.15, 0.2) is 0 Å². The molecule has 2 rings (SSSR count). The molecule has 0 aliphatic heterocycles. The first-order valence-corrected chi connectivity index (χ1v) is 7.07. The lowest BCUT2D eigenvalue weighted by atomic mass is 10.2. The summed E-state index contributed by atoms with van der Waals surface area (Å²) in [7, 11) is 0. The molecule has 5 nitrogen and oxygen atoms in total. The molecule has 0 radical (unpaired) electrons. The van der Waals surface area contributed by atoms with Crippen LogP contribution in [0.1, 0.15) is 25.6 Å². The lowest BCUT2D eigenvalue weighted by molar-refractivity contribution is 0.132. The van der Waals surface area contributed by atoms with Crippen LogP contribution in [0.15, 0.2) is 29.1 Å². The maximum absolute atomic E-state index is 11.9. The Balaban J connectivity index is 1.83. The Bertz CT molecular complexity index is 595. The van der Waals surface area contributed by atoms with Gasteiger partial charge in [0.2, 0.25) is 0 Å². The van der Waals surface area contributed by atoms with E-state index in [1.807, 2.05) is 18.2 Å². The van der Waals surface area contributed by atoms with E-state index in [-0.39, 0.29) is 5.56 Å². The predicted octanol–water partition coefficient (Wildman–Crippen LogP) is 1.83. The highest BCUT2D eigenvalue weighted by molar-refractivity contribution is 5.77. The number of aromatic amines is 1. The highest BCUT2D eigenvalue weighted by Gasteiger charge is 2.02. The van der Waals surface area contributed by atoms with Gasteiger partial charge in [0.25, 0.3) is 5.56 Å². The van der Waals surface area contributed by atoms with Gasteiger partial charge < -0.3 is 15.0 Å². The zero-order chi connectivity index (χ0) is 14.2. The quantitative estimate of drug-likeness (QED) is 0.721. The fraction of sp³-hybridized carbons (Fsp3) is 0.467. The van der Waals surface area contributed by atoms with E-state index >= 15 is 0 Å². The summed E-state index contributed by atoms with van der Waals surface area (Å²) < 4.78 is 5.40. The van der Waals surface area contributed by atoms with Crippen molar-refractivity contribution < 1.29 is 4.74 Å². The Kier molecular flexibility index (Phi) is 5.70. The monoisotopic (exact) mass is 275 g/mol. The number of nitrogens with one attached hydrogen (secondary N) is 2. The first-order valence-electron chi connectivity index (χ1n) is 7.07. The third-order valence-electron chi connectivity index (χ3n) is 2.95. The lowest BCUT2D eigenvalue weighted by Gasteiger charge is -2.06. The van der Waals surface area contributed by atoms with Crippen LogP contribution in [0.3, 0.4) is 0 Å². The largest absolute Gasteiger partial charge is 0.381 e. The van der Waals surface area contributed by atoms with Gasteiger partial charge in [0.1, 0.15) is 5.82 Å². The Morgan fingerprint density at radius 1 is 1.30 bits per heavy atom. The number of para-hydroxylation sites is 1. The minimum atomic E-state index is -0.0846. The number of rotatable bonds is 8. The van der Waals surface area contributed by atoms with Crippen molar-refractivity contribution >= 4 is 10.9 Å². The molecule has 5 heteroatoms. The lowest BCUT2D eigenvalue weighted by Crippen LogP contribution is -2.21. The maximum atomic E-state index is 11.9. The summed E-state index contributed by atoms with van der Waals surface area (Å²) in [6.07, 6.45) is 2.01. The standard InChI is InChI=1S/C15H21N3O2/c1-2-9-20-10-5-8-16-11-14-17-13-7-4-3-6-12(13)15(19)18-14/h3-4,6-7,16H,2,5,8-11H2,1H3,(H,17,18,19). The second kappa shape index (κ2) is 7.77. The van der Waals surface area contributed by atoms with Gasteiger partial charge in [0, 0.05) is 13.2 Å². The van der Waals surface area contributed by atoms with Crippen molar-refractivity contribution in [3.05, 3.63) is 40.4 Å². The van der Waals surface area contributed by atoms with Gasteiger partial charge >= 0.3 is 0 Å². The highest BCUT2D eigenvalue weighted by atomic mass is 16.5. The van der Waals surface area contributed by atoms with Crippen LogP contribution in [0, 0.1) is 0 Å². The van der Waals surface area contributed by atoms with Crippen LogP contribution in [0.25, 0.3) is 10.9 Å². The van der Waals surface area contributed by atoms with E-state index in [4.69, 9.17) is 4.74 Å². The molecule has 108 valence electrons. The number of nitrogens with zero attached hydrogens (tertiary/aromatic N) is 1. The average molecular weight is 275 g/mol. The molecule has 0 aliphatic carbocycles. The number of ether oxygens (including phenoxy) is 1. The summed E-state index contributed by atoms with van der Waals surface area (Å²) in [4.78, 5) is 19.1. The fourth-order valence-corrected chi connectivity index (χ4v) is 1.97. The molecule has 2 aromatic rings. The molecule has 0 bridgehead atoms. The SMILES string of the molecule is CCCOCCCNCc1nc2ccccc2c(=O)[nH]1. The molecular weight excluding hydrogens is 254 g/mol. The first kappa shape index (κ1) is 14.7. The molecule has 0 amide bonds. The molecule has 0 aliphatic rings. The Labute approximate surface area is 118 Å². The van der Waals surface area contributed by atoms with Crippen LogP contribution in [0.5, 0.6) is 0 Å². The number of benzene rings is 1. The summed E-state index contributed by atoms with van der Waals surface area (Å²) >= 11 is 0. The van der Waals surface area contributed by atoms with Crippen molar-refractivity contribution in [1.82, 2.24) is 15.3 Å². The van der Waals surface area contributed by atoms with Crippen LogP contribution >= 0.6 is 0 Å². The topological polar surface area (TPSA) is 67.0 Å². The summed E-state index contributed by atoms with van der Waals surface area (Å²) in [5.74, 6) is 0.670. The number of hydrogen-bond donors (Lipinski definition) is 2. The molecule has 0 unspecified atom stereocenters. The minimum absolute atomic E-state index is 0.0846. The fourth-order valence-electron chi connectivity index (χ4n) is 1.97. The van der Waals surface area contributed by atoms with E-state index in [2.05, 4.69) is 22.2 Å². The van der Waals surface area contributed by atoms with Gasteiger partial charge in [-0.05, 0) is 31.5 Å². The molecule has 2 N–H and O–H groups in total. The van der Waals surface area contributed by atoms with Gasteiger partial charge in [-0.3, -0.25) is 4.79 Å². The normalized spacial score (nSPS) is 11.1. The van der Waals surface area contributed by atoms with E-state index < -0.39 is 0 Å². The Morgan fingerprint density at radius 3 is 3.00 bits per heavy atom. The van der Waals surface area contributed by atoms with Gasteiger partial charge in [-0.2, -0.15) is 0 Å². The van der Waals surface area contributed by atoms with E-state index in [1.165, 1.54) is 0 Å². The van der Waals surface area contributed by atoms with Crippen molar-refractivity contribution in [3.8, 4) is 0 Å². The van der Waals surface area contributed by atoms with Crippen molar-refractivity contribution in [2.45, 2.75) is 26.3 Å². The highest BCUT2D eigenvalue weighted by Crippen LogP contribution is 2.05. The Hall–Kier alpha value is -1.72. The first-order chi connectivity index (χ1) is 9.81. The van der Waals surface area contributed by atoms with Crippen molar-refractivity contribution in [2.75, 3.05) is 19.8 Å². The van der Waals surface area contributed by atoms with Crippen LogP contribution in [0.4, 0.5) is 0 Å². The third kappa shape index (κ3) is 4.15. The number of H-pyrrole nitrogens is 1. The number of hydrogen-bond acceptors (Lipinski definition) is 4. The van der Waals surface area contributed by atoms with E-state index in [0.717, 1.165) is 38.1 Å². The van der Waals surface area contributed by atoms with Crippen LogP contribution in [-0.2, 0) is 11.3 Å². The van der Waals surface area contributed by atoms with Crippen LogP contribution < -0.4 is 10.9 Å². The zero-order valence-electron chi connectivity index (χ0n) is 11.8. The van der Waals surface area contributed by atoms with Gasteiger partial charge in [0.05, 0.1) is 17.4 Å². The zero-order valence-corrected chi connectivity index (χ0v) is 11.8. The second-order valence-electron chi connectivity index (χ2n) is 4.67. The molecule has 0 saturated carbocycles. The van der Waals surface area contributed by atoms with Gasteiger partial charge in [-0.1, -0.05) is 19.1 Å². The molecule has 0 saturated heterocycles. The maximum Gasteiger partial charge on any atom is 0.258 e. The molecule has 0 atom stereocenters. The molecule has 0 spiro atoms. The van der Waals surface area contributed by atoms with Crippen molar-refractivity contribution in [2.24, 2.45) is 0 Å². The third-order valence-corrected chi connectivity index (χ3v) is 2.95. The average Bonchev–Trinajstić information content (AvgIpc) is 2.46. The van der Waals surface area contributed by atoms with E-state index in [1.54, 1.807) is 6.07 Å². The predicted molar refractivity (Wildman–Crippen MR) is 79.8 cm³/mol. The second-order valence-corrected chi connectivity index (χ2v) is 4.67. The number of aromatic nitrogens is 2. The molecule has 0 fully saturated rings. The Morgan fingerprint density at radius 2 is 2.15 bits per heavy atom. The summed E-state index contributed by atoms with van der Waals surface area (Å²) in [5, 5.41) is 3.89. The van der Waals surface area contributed by atoms with E-state index in [9.17, 15) is 4.79 Å². The van der Waals surface area contributed by atoms with Gasteiger partial charge in [-0.15, -0.1) is 0 Å². The minimum Gasteiger partial charge on any atom is -0.381 e. The van der Waals surface area contributed by atoms with E-state index in [0.29, 0.717) is 17.8 Å². The molecule has 1 heterocycles. The number of fused-ring (bicyclic) bond motifs is 1. The van der Waals surface area contributed by atoms with Crippen molar-refractivity contribution in [1.29, 1.82) is 0 Å². The van der Waals surface area contributed by atoms with Crippen molar-refractivity contribution in [3.63, 3.8) is 0 Å². The van der Waals surface area contributed by atoms with Gasteiger partial charge in [-0.25, -0.2) is 4.98 Å².